The average molecular weight is 529 g/mol. The Hall–Kier alpha value is -2.77. The summed E-state index contributed by atoms with van der Waals surface area (Å²) in [6.07, 6.45) is 11.3. The lowest BCUT2D eigenvalue weighted by Crippen LogP contribution is -2.37. The van der Waals surface area contributed by atoms with Crippen molar-refractivity contribution in [3.05, 3.63) is 52.5 Å². The number of anilines is 1. The summed E-state index contributed by atoms with van der Waals surface area (Å²) in [6.45, 7) is 19.3. The molecule has 0 radical (unpaired) electrons. The van der Waals surface area contributed by atoms with Gasteiger partial charge >= 0.3 is 0 Å². The lowest BCUT2D eigenvalue weighted by molar-refractivity contribution is -0.126. The fourth-order valence-electron chi connectivity index (χ4n) is 5.17. The zero-order valence-corrected chi connectivity index (χ0v) is 25.4. The second kappa shape index (κ2) is 15.0. The molecular formula is C31H52N4O3. The van der Waals surface area contributed by atoms with Crippen LogP contribution in [0, 0.1) is 19.8 Å². The Balaban J connectivity index is 0.000000563. The molecule has 2 aromatic rings. The van der Waals surface area contributed by atoms with Crippen LogP contribution in [0.1, 0.15) is 96.0 Å². The lowest BCUT2D eigenvalue weighted by Gasteiger charge is -2.34. The molecule has 7 nitrogen and oxygen atoms in total. The largest absolute Gasteiger partial charge is 0.471 e. The van der Waals surface area contributed by atoms with E-state index < -0.39 is 5.60 Å². The van der Waals surface area contributed by atoms with Crippen molar-refractivity contribution < 1.29 is 14.6 Å². The first kappa shape index (κ1) is 33.3. The number of hydrazine groups is 1. The molecule has 1 aliphatic heterocycles. The minimum absolute atomic E-state index is 0.375. The maximum atomic E-state index is 8.95. The van der Waals surface area contributed by atoms with Gasteiger partial charge in [-0.1, -0.05) is 39.8 Å². The van der Waals surface area contributed by atoms with E-state index in [1.54, 1.807) is 27.0 Å². The molecule has 2 heterocycles. The van der Waals surface area contributed by atoms with Crippen LogP contribution in [0.4, 0.5) is 5.69 Å². The quantitative estimate of drug-likeness (QED) is 0.242. The summed E-state index contributed by atoms with van der Waals surface area (Å²) in [5.41, 5.74) is 14.3. The SMILES string of the molecule is CC.CC(C)(C)O.CCc1c(C)c2c3c(cc(C)n3C/C(=C/N)N2N)c1C1C=CC(CC)CC1.COC=O. The zero-order chi connectivity index (χ0) is 29.2. The third-order valence-corrected chi connectivity index (χ3v) is 6.82. The fourth-order valence-corrected chi connectivity index (χ4v) is 5.17. The maximum absolute atomic E-state index is 8.95. The predicted molar refractivity (Wildman–Crippen MR) is 161 cm³/mol. The first-order valence-electron chi connectivity index (χ1n) is 13.9. The van der Waals surface area contributed by atoms with Crippen molar-refractivity contribution in [3.8, 4) is 0 Å². The van der Waals surface area contributed by atoms with E-state index in [2.05, 4.69) is 55.2 Å². The van der Waals surface area contributed by atoms with Crippen LogP contribution < -0.4 is 16.6 Å². The summed E-state index contributed by atoms with van der Waals surface area (Å²) >= 11 is 0. The number of aliphatic hydroxyl groups is 1. The number of carbonyl (C=O) groups is 1. The standard InChI is InChI=1S/C23H32N4.C4H10O.C2H4O2.C2H6/c1-5-16-7-9-17(10-8-16)21-19(6-2)15(4)22-23-20(21)11-14(3)26(23)13-18(12-24)27(22)25;1-4(2,3)5;1-4-2-3;1-2/h7,9,11-12,16-17H,5-6,8,10,13,24-25H2,1-4H3;5H,1-3H3;2H,1H3;1-2H3/b18-12-;;;. The average Bonchev–Trinajstić information content (AvgIpc) is 3.22. The normalized spacial score (nSPS) is 19.1. The topological polar surface area (TPSA) is 107 Å². The van der Waals surface area contributed by atoms with Crippen molar-refractivity contribution in [2.75, 3.05) is 12.1 Å². The van der Waals surface area contributed by atoms with E-state index in [9.17, 15) is 0 Å². The Bertz CT molecular complexity index is 1100. The number of carbonyl (C=O) groups excluding carboxylic acids is 1. The van der Waals surface area contributed by atoms with Crippen molar-refractivity contribution >= 4 is 23.1 Å². The summed E-state index contributed by atoms with van der Waals surface area (Å²) in [7, 11) is 1.31. The van der Waals surface area contributed by atoms with Gasteiger partial charge < -0.3 is 20.1 Å². The summed E-state index contributed by atoms with van der Waals surface area (Å²) in [5.74, 6) is 7.76. The first-order valence-corrected chi connectivity index (χ1v) is 13.9. The van der Waals surface area contributed by atoms with Crippen molar-refractivity contribution in [1.29, 1.82) is 0 Å². The Morgan fingerprint density at radius 3 is 2.16 bits per heavy atom. The third-order valence-electron chi connectivity index (χ3n) is 6.82. The van der Waals surface area contributed by atoms with Gasteiger partial charge in [0.05, 0.1) is 36.2 Å². The minimum atomic E-state index is -0.500. The molecule has 2 aliphatic rings. The number of aromatic nitrogens is 1. The van der Waals surface area contributed by atoms with E-state index in [0.717, 1.165) is 30.3 Å². The Morgan fingerprint density at radius 2 is 1.74 bits per heavy atom. The van der Waals surface area contributed by atoms with Crippen LogP contribution in [0.3, 0.4) is 0 Å². The molecule has 0 fully saturated rings. The van der Waals surface area contributed by atoms with Crippen LogP contribution in [0.2, 0.25) is 0 Å². The van der Waals surface area contributed by atoms with Crippen LogP contribution in [0.5, 0.6) is 0 Å². The van der Waals surface area contributed by atoms with Gasteiger partial charge in [0.15, 0.2) is 0 Å². The highest BCUT2D eigenvalue weighted by molar-refractivity contribution is 6.00. The van der Waals surface area contributed by atoms with Crippen molar-refractivity contribution in [3.63, 3.8) is 0 Å². The number of nitrogens with two attached hydrogens (primary N) is 2. The number of hydrogen-bond donors (Lipinski definition) is 3. The molecule has 1 aromatic heterocycles. The van der Waals surface area contributed by atoms with E-state index in [0.29, 0.717) is 12.4 Å². The van der Waals surface area contributed by atoms with Crippen LogP contribution in [-0.2, 0) is 22.5 Å². The van der Waals surface area contributed by atoms with E-state index in [4.69, 9.17) is 21.5 Å². The highest BCUT2D eigenvalue weighted by Crippen LogP contribution is 2.46. The van der Waals surface area contributed by atoms with Gasteiger partial charge in [-0.2, -0.15) is 0 Å². The molecule has 2 unspecified atom stereocenters. The highest BCUT2D eigenvalue weighted by atomic mass is 16.5. The highest BCUT2D eigenvalue weighted by Gasteiger charge is 2.30. The molecule has 0 amide bonds. The first-order chi connectivity index (χ1) is 17.9. The van der Waals surface area contributed by atoms with Crippen molar-refractivity contribution in [2.24, 2.45) is 17.5 Å². The summed E-state index contributed by atoms with van der Waals surface area (Å²) in [4.78, 5) is 8.95. The molecule has 2 atom stereocenters. The van der Waals surface area contributed by atoms with Gasteiger partial charge in [0.25, 0.3) is 6.47 Å². The smallest absolute Gasteiger partial charge is 0.292 e. The maximum Gasteiger partial charge on any atom is 0.292 e. The number of rotatable bonds is 4. The van der Waals surface area contributed by atoms with Crippen LogP contribution in [0.15, 0.2) is 30.1 Å². The number of allylic oxidation sites excluding steroid dienone is 3. The van der Waals surface area contributed by atoms with Gasteiger partial charge in [-0.3, -0.25) is 9.80 Å². The summed E-state index contributed by atoms with van der Waals surface area (Å²) < 4.78 is 6.24. The number of aryl methyl sites for hydroxylation is 1. The van der Waals surface area contributed by atoms with Gasteiger partial charge in [0.1, 0.15) is 0 Å². The van der Waals surface area contributed by atoms with Crippen molar-refractivity contribution in [1.82, 2.24) is 4.57 Å². The molecular weight excluding hydrogens is 476 g/mol. The molecule has 0 saturated heterocycles. The van der Waals surface area contributed by atoms with E-state index >= 15 is 0 Å². The summed E-state index contributed by atoms with van der Waals surface area (Å²) in [6, 6.07) is 2.36. The van der Waals surface area contributed by atoms with E-state index in [-0.39, 0.29) is 0 Å². The molecule has 0 bridgehead atoms. The Morgan fingerprint density at radius 1 is 1.16 bits per heavy atom. The minimum Gasteiger partial charge on any atom is -0.471 e. The Labute approximate surface area is 230 Å². The van der Waals surface area contributed by atoms with Gasteiger partial charge in [0.2, 0.25) is 0 Å². The zero-order valence-electron chi connectivity index (χ0n) is 25.4. The number of hydrogen-bond acceptors (Lipinski definition) is 6. The van der Waals surface area contributed by atoms with Gasteiger partial charge in [-0.25, -0.2) is 5.84 Å². The van der Waals surface area contributed by atoms with Crippen LogP contribution in [0.25, 0.3) is 10.9 Å². The molecule has 4 rings (SSSR count). The van der Waals surface area contributed by atoms with Crippen LogP contribution in [-0.4, -0.2) is 28.9 Å². The number of ether oxygens (including phenoxy) is 1. The van der Waals surface area contributed by atoms with Crippen LogP contribution >= 0.6 is 0 Å². The molecule has 5 N–H and O–H groups in total. The Kier molecular flexibility index (Phi) is 13.1. The molecule has 1 aliphatic carbocycles. The van der Waals surface area contributed by atoms with Crippen molar-refractivity contribution in [2.45, 2.75) is 106 Å². The number of methoxy groups -OCH3 is 1. The predicted octanol–water partition coefficient (Wildman–Crippen LogP) is 6.37. The monoisotopic (exact) mass is 528 g/mol. The van der Waals surface area contributed by atoms with E-state index in [1.807, 2.05) is 18.9 Å². The molecule has 0 spiro atoms. The van der Waals surface area contributed by atoms with Gasteiger partial charge in [-0.05, 0) is 89.0 Å². The number of nitrogens with zero attached hydrogens (tertiary/aromatic N) is 2. The molecule has 0 saturated carbocycles. The lowest BCUT2D eigenvalue weighted by atomic mass is 9.78. The second-order valence-corrected chi connectivity index (χ2v) is 10.6. The molecule has 7 heteroatoms. The molecule has 1 aromatic carbocycles. The molecule has 214 valence electrons. The van der Waals surface area contributed by atoms with Gasteiger partial charge in [0, 0.05) is 23.2 Å². The second-order valence-electron chi connectivity index (χ2n) is 10.6. The molecule has 38 heavy (non-hydrogen) atoms. The fraction of sp³-hybridized carbons (Fsp3) is 0.581. The summed E-state index contributed by atoms with van der Waals surface area (Å²) in [5, 5.41) is 11.7. The number of benzene rings is 1. The van der Waals surface area contributed by atoms with E-state index in [1.165, 1.54) is 59.7 Å². The third kappa shape index (κ3) is 7.87. The van der Waals surface area contributed by atoms with Gasteiger partial charge in [-0.15, -0.1) is 0 Å².